The van der Waals surface area contributed by atoms with Crippen LogP contribution in [-0.4, -0.2) is 43.0 Å². The van der Waals surface area contributed by atoms with E-state index < -0.39 is 10.8 Å². The van der Waals surface area contributed by atoms with E-state index in [-0.39, 0.29) is 17.2 Å². The minimum Gasteiger partial charge on any atom is -0.382 e. The van der Waals surface area contributed by atoms with Gasteiger partial charge in [0.2, 0.25) is 0 Å². The van der Waals surface area contributed by atoms with Crippen molar-refractivity contribution >= 4 is 28.9 Å². The van der Waals surface area contributed by atoms with Gasteiger partial charge in [-0.25, -0.2) is 0 Å². The minimum atomic E-state index is -0.545. The third kappa shape index (κ3) is 6.50. The lowest BCUT2D eigenvalue weighted by Crippen LogP contribution is -2.33. The molecule has 192 valence electrons. The van der Waals surface area contributed by atoms with Gasteiger partial charge in [0, 0.05) is 61.9 Å². The SMILES string of the molecule is CCOCCCNC(=O)c1cc(NC(=O)c2cccc([N+](=O)[O-])c2)ccc1N1CCc2ccccc2C1. The quantitative estimate of drug-likeness (QED) is 0.239. The molecule has 0 saturated heterocycles. The molecule has 1 aliphatic rings. The maximum Gasteiger partial charge on any atom is 0.270 e. The van der Waals surface area contributed by atoms with Gasteiger partial charge in [-0.05, 0) is 55.2 Å². The van der Waals surface area contributed by atoms with Crippen molar-refractivity contribution in [1.82, 2.24) is 5.32 Å². The highest BCUT2D eigenvalue weighted by Crippen LogP contribution is 2.30. The van der Waals surface area contributed by atoms with Gasteiger partial charge in [0.25, 0.3) is 17.5 Å². The van der Waals surface area contributed by atoms with Crippen molar-refractivity contribution < 1.29 is 19.2 Å². The van der Waals surface area contributed by atoms with Gasteiger partial charge in [0.05, 0.1) is 10.5 Å². The van der Waals surface area contributed by atoms with Crippen LogP contribution in [0.2, 0.25) is 0 Å². The Morgan fingerprint density at radius 1 is 1.03 bits per heavy atom. The molecule has 0 spiro atoms. The van der Waals surface area contributed by atoms with E-state index in [9.17, 15) is 19.7 Å². The minimum absolute atomic E-state index is 0.160. The molecule has 9 nitrogen and oxygen atoms in total. The number of amides is 2. The Bertz CT molecular complexity index is 1290. The molecule has 0 atom stereocenters. The summed E-state index contributed by atoms with van der Waals surface area (Å²) in [5, 5.41) is 16.8. The fourth-order valence-electron chi connectivity index (χ4n) is 4.35. The number of non-ortho nitro benzene ring substituents is 1. The van der Waals surface area contributed by atoms with Gasteiger partial charge in [-0.1, -0.05) is 30.3 Å². The molecule has 3 aromatic carbocycles. The van der Waals surface area contributed by atoms with E-state index in [0.717, 1.165) is 18.7 Å². The summed E-state index contributed by atoms with van der Waals surface area (Å²) in [5.74, 6) is -0.733. The van der Waals surface area contributed by atoms with Crippen LogP contribution in [0.3, 0.4) is 0 Å². The van der Waals surface area contributed by atoms with Crippen LogP contribution < -0.4 is 15.5 Å². The van der Waals surface area contributed by atoms with Crippen LogP contribution in [0.25, 0.3) is 0 Å². The zero-order chi connectivity index (χ0) is 26.2. The lowest BCUT2D eigenvalue weighted by molar-refractivity contribution is -0.384. The molecule has 1 aliphatic heterocycles. The number of carbonyl (C=O) groups excluding carboxylic acids is 2. The third-order valence-electron chi connectivity index (χ3n) is 6.24. The number of nitrogens with one attached hydrogen (secondary N) is 2. The summed E-state index contributed by atoms with van der Waals surface area (Å²) in [6, 6.07) is 19.0. The lowest BCUT2D eigenvalue weighted by Gasteiger charge is -2.32. The van der Waals surface area contributed by atoms with Crippen molar-refractivity contribution in [2.75, 3.05) is 36.5 Å². The summed E-state index contributed by atoms with van der Waals surface area (Å²) in [6.45, 7) is 5.02. The van der Waals surface area contributed by atoms with E-state index in [1.807, 2.05) is 25.1 Å². The van der Waals surface area contributed by atoms with E-state index >= 15 is 0 Å². The fourth-order valence-corrected chi connectivity index (χ4v) is 4.35. The first-order valence-electron chi connectivity index (χ1n) is 12.3. The number of benzene rings is 3. The van der Waals surface area contributed by atoms with E-state index in [2.05, 4.69) is 27.7 Å². The number of fused-ring (bicyclic) bond motifs is 1. The topological polar surface area (TPSA) is 114 Å². The number of nitrogens with zero attached hydrogens (tertiary/aromatic N) is 2. The molecular formula is C28H30N4O5. The second kappa shape index (κ2) is 12.1. The standard InChI is InChI=1S/C28H30N4O5/c1-2-37-16-6-14-29-28(34)25-18-23(30-27(33)21-9-5-10-24(17-21)32(35)36)11-12-26(25)31-15-13-20-7-3-4-8-22(20)19-31/h3-5,7-12,17-18H,2,6,13-16,19H2,1H3,(H,29,34)(H,30,33). The van der Waals surface area contributed by atoms with Gasteiger partial charge < -0.3 is 20.3 Å². The number of hydrogen-bond acceptors (Lipinski definition) is 6. The number of hydrogen-bond donors (Lipinski definition) is 2. The van der Waals surface area contributed by atoms with Gasteiger partial charge in [0.15, 0.2) is 0 Å². The summed E-state index contributed by atoms with van der Waals surface area (Å²) >= 11 is 0. The molecular weight excluding hydrogens is 472 g/mol. The van der Waals surface area contributed by atoms with Crippen LogP contribution in [0.5, 0.6) is 0 Å². The highest BCUT2D eigenvalue weighted by molar-refractivity contribution is 6.06. The molecule has 2 N–H and O–H groups in total. The van der Waals surface area contributed by atoms with Crippen molar-refractivity contribution in [2.45, 2.75) is 26.3 Å². The Balaban J connectivity index is 1.57. The number of ether oxygens (including phenoxy) is 1. The Hall–Kier alpha value is -4.24. The van der Waals surface area contributed by atoms with Crippen LogP contribution in [0, 0.1) is 10.1 Å². The first kappa shape index (κ1) is 25.8. The normalized spacial score (nSPS) is 12.5. The summed E-state index contributed by atoms with van der Waals surface area (Å²) in [5.41, 5.74) is 4.18. The zero-order valence-electron chi connectivity index (χ0n) is 20.7. The Labute approximate surface area is 215 Å². The number of nitro groups is 1. The van der Waals surface area contributed by atoms with E-state index in [4.69, 9.17) is 4.74 Å². The Morgan fingerprint density at radius 3 is 2.62 bits per heavy atom. The first-order chi connectivity index (χ1) is 18.0. The predicted octanol–water partition coefficient (Wildman–Crippen LogP) is 4.57. The average Bonchev–Trinajstić information content (AvgIpc) is 2.92. The second-order valence-corrected chi connectivity index (χ2v) is 8.74. The van der Waals surface area contributed by atoms with E-state index in [1.165, 1.54) is 35.4 Å². The summed E-state index contributed by atoms with van der Waals surface area (Å²) in [6.07, 6.45) is 1.56. The van der Waals surface area contributed by atoms with Crippen LogP contribution >= 0.6 is 0 Å². The molecule has 0 unspecified atom stereocenters. The van der Waals surface area contributed by atoms with E-state index in [0.29, 0.717) is 44.0 Å². The Kier molecular flexibility index (Phi) is 8.48. The van der Waals surface area contributed by atoms with Crippen LogP contribution in [0.15, 0.2) is 66.7 Å². The van der Waals surface area contributed by atoms with Gasteiger partial charge in [-0.3, -0.25) is 19.7 Å². The smallest absolute Gasteiger partial charge is 0.270 e. The molecule has 0 aliphatic carbocycles. The molecule has 4 rings (SSSR count). The lowest BCUT2D eigenvalue weighted by atomic mass is 9.98. The van der Waals surface area contributed by atoms with Crippen molar-refractivity contribution in [3.63, 3.8) is 0 Å². The fraction of sp³-hybridized carbons (Fsp3) is 0.286. The molecule has 0 aromatic heterocycles. The molecule has 2 amide bonds. The summed E-state index contributed by atoms with van der Waals surface area (Å²) < 4.78 is 5.35. The maximum atomic E-state index is 13.2. The molecule has 0 fully saturated rings. The van der Waals surface area contributed by atoms with Gasteiger partial charge >= 0.3 is 0 Å². The van der Waals surface area contributed by atoms with Crippen LogP contribution in [0.1, 0.15) is 45.2 Å². The third-order valence-corrected chi connectivity index (χ3v) is 6.24. The average molecular weight is 503 g/mol. The maximum absolute atomic E-state index is 13.2. The molecule has 1 heterocycles. The van der Waals surface area contributed by atoms with Crippen molar-refractivity contribution in [2.24, 2.45) is 0 Å². The largest absolute Gasteiger partial charge is 0.382 e. The molecule has 9 heteroatoms. The monoisotopic (exact) mass is 502 g/mol. The zero-order valence-corrected chi connectivity index (χ0v) is 20.7. The van der Waals surface area contributed by atoms with Crippen LogP contribution in [-0.2, 0) is 17.7 Å². The van der Waals surface area contributed by atoms with Crippen molar-refractivity contribution in [3.05, 3.63) is 99.1 Å². The number of anilines is 2. The first-order valence-corrected chi connectivity index (χ1v) is 12.3. The molecule has 0 bridgehead atoms. The van der Waals surface area contributed by atoms with Crippen molar-refractivity contribution in [3.8, 4) is 0 Å². The molecule has 0 saturated carbocycles. The summed E-state index contributed by atoms with van der Waals surface area (Å²) in [4.78, 5) is 38.8. The van der Waals surface area contributed by atoms with Gasteiger partial charge in [-0.15, -0.1) is 0 Å². The van der Waals surface area contributed by atoms with Gasteiger partial charge in [-0.2, -0.15) is 0 Å². The number of carbonyl (C=O) groups is 2. The van der Waals surface area contributed by atoms with Gasteiger partial charge in [0.1, 0.15) is 0 Å². The Morgan fingerprint density at radius 2 is 1.84 bits per heavy atom. The predicted molar refractivity (Wildman–Crippen MR) is 142 cm³/mol. The highest BCUT2D eigenvalue weighted by atomic mass is 16.6. The molecule has 0 radical (unpaired) electrons. The number of rotatable bonds is 10. The van der Waals surface area contributed by atoms with Crippen molar-refractivity contribution in [1.29, 1.82) is 0 Å². The van der Waals surface area contributed by atoms with E-state index in [1.54, 1.807) is 12.1 Å². The highest BCUT2D eigenvalue weighted by Gasteiger charge is 2.22. The summed E-state index contributed by atoms with van der Waals surface area (Å²) in [7, 11) is 0. The van der Waals surface area contributed by atoms with Crippen LogP contribution in [0.4, 0.5) is 17.1 Å². The molecule has 37 heavy (non-hydrogen) atoms. The molecule has 3 aromatic rings. The second-order valence-electron chi connectivity index (χ2n) is 8.74. The number of nitro benzene ring substituents is 1.